The molecule has 0 amide bonds. The summed E-state index contributed by atoms with van der Waals surface area (Å²) in [4.78, 5) is 4.16. The number of benzene rings is 1. The van der Waals surface area contributed by atoms with Gasteiger partial charge in [-0.2, -0.15) is 0 Å². The van der Waals surface area contributed by atoms with Gasteiger partial charge in [0.05, 0.1) is 12.6 Å². The number of hydrogen-bond donors (Lipinski definition) is 1. The third-order valence-electron chi connectivity index (χ3n) is 3.07. The number of aromatic nitrogens is 1. The van der Waals surface area contributed by atoms with Gasteiger partial charge in [0.1, 0.15) is 0 Å². The summed E-state index contributed by atoms with van der Waals surface area (Å²) in [6.45, 7) is 3.63. The molecule has 1 aromatic carbocycles. The van der Waals surface area contributed by atoms with Crippen LogP contribution in [0.2, 0.25) is 0 Å². The van der Waals surface area contributed by atoms with Crippen molar-refractivity contribution in [3.63, 3.8) is 0 Å². The Labute approximate surface area is 108 Å². The summed E-state index contributed by atoms with van der Waals surface area (Å²) in [5, 5.41) is 5.74. The zero-order chi connectivity index (χ0) is 12.8. The molecular weight excluding hydrogens is 224 g/mol. The highest BCUT2D eigenvalue weighted by Gasteiger charge is 2.12. The molecule has 1 N–H and O–H groups in total. The maximum absolute atomic E-state index is 5.66. The van der Waals surface area contributed by atoms with Gasteiger partial charge in [0.25, 0.3) is 0 Å². The Morgan fingerprint density at radius 3 is 3.00 bits per heavy atom. The number of nitrogens with one attached hydrogen (secondary N) is 1. The summed E-state index contributed by atoms with van der Waals surface area (Å²) < 4.78 is 5.66. The number of ether oxygens (including phenoxy) is 1. The molecule has 0 spiro atoms. The van der Waals surface area contributed by atoms with Gasteiger partial charge >= 0.3 is 0 Å². The van der Waals surface area contributed by atoms with Gasteiger partial charge in [-0.1, -0.05) is 25.1 Å². The minimum atomic E-state index is 0.225. The zero-order valence-corrected chi connectivity index (χ0v) is 11.0. The average molecular weight is 244 g/mol. The highest BCUT2D eigenvalue weighted by atomic mass is 16.5. The molecular formula is C15H20N2O. The lowest BCUT2D eigenvalue weighted by molar-refractivity contribution is 0.114. The van der Waals surface area contributed by atoms with Crippen LogP contribution in [-0.2, 0) is 4.74 Å². The summed E-state index contributed by atoms with van der Waals surface area (Å²) >= 11 is 0. The highest BCUT2D eigenvalue weighted by molar-refractivity contribution is 5.85. The smallest absolute Gasteiger partial charge is 0.0661 e. The van der Waals surface area contributed by atoms with Crippen molar-refractivity contribution < 1.29 is 4.74 Å². The van der Waals surface area contributed by atoms with Crippen LogP contribution in [0.3, 0.4) is 0 Å². The summed E-state index contributed by atoms with van der Waals surface area (Å²) in [6, 6.07) is 8.60. The van der Waals surface area contributed by atoms with Crippen molar-refractivity contribution in [3.8, 4) is 0 Å². The molecule has 3 nitrogen and oxygen atoms in total. The predicted octanol–water partition coefficient (Wildman–Crippen LogP) is 2.92. The topological polar surface area (TPSA) is 34.1 Å². The maximum atomic E-state index is 5.66. The standard InChI is InChI=1S/C15H20N2O/c1-3-9-18-11-15(16-2)14-6-4-5-12-10-17-8-7-13(12)14/h4-8,10,15-16H,3,9,11H2,1-2H3. The van der Waals surface area contributed by atoms with Crippen molar-refractivity contribution in [2.24, 2.45) is 0 Å². The molecule has 0 saturated carbocycles. The molecule has 1 aromatic heterocycles. The van der Waals surface area contributed by atoms with E-state index < -0.39 is 0 Å². The van der Waals surface area contributed by atoms with Gasteiger partial charge in [-0.25, -0.2) is 0 Å². The van der Waals surface area contributed by atoms with E-state index in [-0.39, 0.29) is 6.04 Å². The Hall–Kier alpha value is -1.45. The summed E-state index contributed by atoms with van der Waals surface area (Å²) in [7, 11) is 1.97. The minimum Gasteiger partial charge on any atom is -0.379 e. The van der Waals surface area contributed by atoms with Crippen LogP contribution in [0.4, 0.5) is 0 Å². The lowest BCUT2D eigenvalue weighted by Crippen LogP contribution is -2.22. The van der Waals surface area contributed by atoms with Gasteiger partial charge in [0.15, 0.2) is 0 Å². The number of fused-ring (bicyclic) bond motifs is 1. The van der Waals surface area contributed by atoms with E-state index in [1.165, 1.54) is 16.3 Å². The molecule has 2 rings (SSSR count). The van der Waals surface area contributed by atoms with Crippen molar-refractivity contribution in [2.75, 3.05) is 20.3 Å². The monoisotopic (exact) mass is 244 g/mol. The van der Waals surface area contributed by atoms with Crippen LogP contribution in [0.1, 0.15) is 24.9 Å². The Morgan fingerprint density at radius 2 is 2.22 bits per heavy atom. The molecule has 1 heterocycles. The third kappa shape index (κ3) is 2.86. The van der Waals surface area contributed by atoms with E-state index in [0.717, 1.165) is 13.0 Å². The fourth-order valence-electron chi connectivity index (χ4n) is 2.13. The highest BCUT2D eigenvalue weighted by Crippen LogP contribution is 2.23. The molecule has 0 bridgehead atoms. The van der Waals surface area contributed by atoms with Crippen molar-refractivity contribution in [2.45, 2.75) is 19.4 Å². The maximum Gasteiger partial charge on any atom is 0.0661 e. The van der Waals surface area contributed by atoms with Crippen LogP contribution in [0.15, 0.2) is 36.7 Å². The van der Waals surface area contributed by atoms with Gasteiger partial charge in [0, 0.05) is 24.4 Å². The van der Waals surface area contributed by atoms with E-state index >= 15 is 0 Å². The minimum absolute atomic E-state index is 0.225. The second-order valence-electron chi connectivity index (χ2n) is 4.36. The molecule has 3 heteroatoms. The summed E-state index contributed by atoms with van der Waals surface area (Å²) in [5.74, 6) is 0. The van der Waals surface area contributed by atoms with Crippen LogP contribution >= 0.6 is 0 Å². The molecule has 0 fully saturated rings. The Morgan fingerprint density at radius 1 is 1.33 bits per heavy atom. The quantitative estimate of drug-likeness (QED) is 0.793. The molecule has 0 radical (unpaired) electrons. The van der Waals surface area contributed by atoms with Gasteiger partial charge < -0.3 is 10.1 Å². The number of likely N-dealkylation sites (N-methyl/N-ethyl adjacent to an activating group) is 1. The molecule has 0 saturated heterocycles. The zero-order valence-electron chi connectivity index (χ0n) is 11.0. The lowest BCUT2D eigenvalue weighted by Gasteiger charge is -2.18. The van der Waals surface area contributed by atoms with E-state index in [1.807, 2.05) is 19.4 Å². The van der Waals surface area contributed by atoms with Crippen molar-refractivity contribution in [1.82, 2.24) is 10.3 Å². The van der Waals surface area contributed by atoms with Crippen LogP contribution < -0.4 is 5.32 Å². The number of rotatable bonds is 6. The third-order valence-corrected chi connectivity index (χ3v) is 3.07. The second-order valence-corrected chi connectivity index (χ2v) is 4.36. The van der Waals surface area contributed by atoms with Crippen LogP contribution in [0, 0.1) is 0 Å². The molecule has 0 aliphatic rings. The van der Waals surface area contributed by atoms with E-state index in [4.69, 9.17) is 4.74 Å². The lowest BCUT2D eigenvalue weighted by atomic mass is 10.0. The van der Waals surface area contributed by atoms with Gasteiger partial charge in [-0.15, -0.1) is 0 Å². The Balaban J connectivity index is 2.27. The van der Waals surface area contributed by atoms with Crippen molar-refractivity contribution in [1.29, 1.82) is 0 Å². The van der Waals surface area contributed by atoms with E-state index in [0.29, 0.717) is 6.61 Å². The van der Waals surface area contributed by atoms with Gasteiger partial charge in [-0.3, -0.25) is 4.98 Å². The van der Waals surface area contributed by atoms with E-state index in [1.54, 1.807) is 0 Å². The molecule has 96 valence electrons. The normalized spacial score (nSPS) is 12.8. The summed E-state index contributed by atoms with van der Waals surface area (Å²) in [6.07, 6.45) is 4.79. The van der Waals surface area contributed by atoms with Crippen molar-refractivity contribution in [3.05, 3.63) is 42.2 Å². The SMILES string of the molecule is CCCOCC(NC)c1cccc2cnccc12. The second kappa shape index (κ2) is 6.47. The molecule has 18 heavy (non-hydrogen) atoms. The first-order valence-electron chi connectivity index (χ1n) is 6.44. The molecule has 0 aliphatic heterocycles. The van der Waals surface area contributed by atoms with Gasteiger partial charge in [-0.05, 0) is 30.5 Å². The fraction of sp³-hybridized carbons (Fsp3) is 0.400. The molecule has 1 unspecified atom stereocenters. The Bertz CT molecular complexity index is 493. The largest absolute Gasteiger partial charge is 0.379 e. The van der Waals surface area contributed by atoms with Crippen LogP contribution in [0.25, 0.3) is 10.8 Å². The first kappa shape index (κ1) is 13.0. The van der Waals surface area contributed by atoms with Crippen LogP contribution in [-0.4, -0.2) is 25.2 Å². The van der Waals surface area contributed by atoms with Crippen molar-refractivity contribution >= 4 is 10.8 Å². The molecule has 2 aromatic rings. The first-order chi connectivity index (χ1) is 8.86. The summed E-state index contributed by atoms with van der Waals surface area (Å²) in [5.41, 5.74) is 1.27. The van der Waals surface area contributed by atoms with Crippen LogP contribution in [0.5, 0.6) is 0 Å². The average Bonchev–Trinajstić information content (AvgIpc) is 2.43. The van der Waals surface area contributed by atoms with Gasteiger partial charge in [0.2, 0.25) is 0 Å². The Kier molecular flexibility index (Phi) is 4.67. The first-order valence-corrected chi connectivity index (χ1v) is 6.44. The van der Waals surface area contributed by atoms with E-state index in [9.17, 15) is 0 Å². The fourth-order valence-corrected chi connectivity index (χ4v) is 2.13. The molecule has 0 aliphatic carbocycles. The number of pyridine rings is 1. The number of nitrogens with zero attached hydrogens (tertiary/aromatic N) is 1. The molecule has 1 atom stereocenters. The number of hydrogen-bond acceptors (Lipinski definition) is 3. The van der Waals surface area contributed by atoms with E-state index in [2.05, 4.69) is 41.5 Å². The predicted molar refractivity (Wildman–Crippen MR) is 74.7 cm³/mol.